The van der Waals surface area contributed by atoms with Crippen molar-refractivity contribution in [2.24, 2.45) is 7.05 Å². The molecule has 1 saturated heterocycles. The Balaban J connectivity index is 1.42. The van der Waals surface area contributed by atoms with Crippen LogP contribution in [-0.4, -0.2) is 103 Å². The number of aromatic nitrogens is 4. The fourth-order valence-corrected chi connectivity index (χ4v) is 6.20. The van der Waals surface area contributed by atoms with Gasteiger partial charge in [-0.3, -0.25) is 33.3 Å². The van der Waals surface area contributed by atoms with Gasteiger partial charge in [0.25, 0.3) is 0 Å². The molecule has 50 heavy (non-hydrogen) atoms. The average molecular weight is 692 g/mol. The number of carbonyl (C=O) groups is 5. The van der Waals surface area contributed by atoms with Crippen molar-refractivity contribution in [3.05, 3.63) is 48.0 Å². The monoisotopic (exact) mass is 691 g/mol. The van der Waals surface area contributed by atoms with E-state index in [0.29, 0.717) is 59.0 Å². The third kappa shape index (κ3) is 8.26. The Labute approximate surface area is 288 Å². The van der Waals surface area contributed by atoms with Crippen LogP contribution in [0.15, 0.2) is 36.5 Å². The first-order chi connectivity index (χ1) is 23.6. The fourth-order valence-electron chi connectivity index (χ4n) is 6.20. The van der Waals surface area contributed by atoms with Gasteiger partial charge in [-0.2, -0.15) is 10.2 Å². The molecule has 0 bridgehead atoms. The lowest BCUT2D eigenvalue weighted by Gasteiger charge is -2.31. The number of ether oxygens (including phenoxy) is 1. The van der Waals surface area contributed by atoms with E-state index in [-0.39, 0.29) is 44.3 Å². The minimum atomic E-state index is -1.03. The van der Waals surface area contributed by atoms with Gasteiger partial charge < -0.3 is 25.0 Å². The summed E-state index contributed by atoms with van der Waals surface area (Å²) in [4.78, 5) is 64.5. The lowest BCUT2D eigenvalue weighted by Crippen LogP contribution is -2.42. The molecule has 5 rings (SSSR count). The number of esters is 1. The zero-order chi connectivity index (χ0) is 36.3. The van der Waals surface area contributed by atoms with Crippen molar-refractivity contribution in [1.82, 2.24) is 34.7 Å². The zero-order valence-corrected chi connectivity index (χ0v) is 28.9. The van der Waals surface area contributed by atoms with Gasteiger partial charge in [0.05, 0.1) is 35.9 Å². The summed E-state index contributed by atoms with van der Waals surface area (Å²) in [6.45, 7) is 5.10. The average Bonchev–Trinajstić information content (AvgIpc) is 3.60. The van der Waals surface area contributed by atoms with Gasteiger partial charge in [0.2, 0.25) is 17.7 Å². The van der Waals surface area contributed by atoms with Crippen molar-refractivity contribution >= 4 is 51.5 Å². The highest BCUT2D eigenvalue weighted by atomic mass is 19.1. The summed E-state index contributed by atoms with van der Waals surface area (Å²) in [5.74, 6) is -3.39. The number of nitrogens with zero attached hydrogens (tertiary/aromatic N) is 6. The van der Waals surface area contributed by atoms with Crippen LogP contribution in [0, 0.1) is 5.82 Å². The van der Waals surface area contributed by atoms with Crippen LogP contribution in [0.2, 0.25) is 0 Å². The molecule has 2 aromatic heterocycles. The molecular weight excluding hydrogens is 649 g/mol. The second-order valence-corrected chi connectivity index (χ2v) is 13.6. The van der Waals surface area contributed by atoms with Crippen LogP contribution in [0.25, 0.3) is 32.9 Å². The maximum atomic E-state index is 15.7. The van der Waals surface area contributed by atoms with Gasteiger partial charge in [-0.25, -0.2) is 4.39 Å². The molecule has 0 saturated carbocycles. The molecular formula is C35H42FN7O7. The lowest BCUT2D eigenvalue weighted by molar-refractivity contribution is -0.154. The normalized spacial score (nSPS) is 13.8. The van der Waals surface area contributed by atoms with Crippen molar-refractivity contribution in [2.75, 3.05) is 33.2 Å². The number of halogens is 1. The summed E-state index contributed by atoms with van der Waals surface area (Å²) < 4.78 is 24.2. The minimum Gasteiger partial charge on any atom is -0.481 e. The Morgan fingerprint density at radius 3 is 2.46 bits per heavy atom. The van der Waals surface area contributed by atoms with Crippen LogP contribution < -0.4 is 5.32 Å². The first-order valence-corrected chi connectivity index (χ1v) is 16.4. The van der Waals surface area contributed by atoms with Gasteiger partial charge in [0, 0.05) is 55.9 Å². The predicted molar refractivity (Wildman–Crippen MR) is 181 cm³/mol. The van der Waals surface area contributed by atoms with Crippen LogP contribution in [0.4, 0.5) is 4.39 Å². The van der Waals surface area contributed by atoms with Gasteiger partial charge in [0.15, 0.2) is 0 Å². The highest BCUT2D eigenvalue weighted by Crippen LogP contribution is 2.40. The Kier molecular flexibility index (Phi) is 10.5. The van der Waals surface area contributed by atoms with Crippen molar-refractivity contribution in [3.63, 3.8) is 0 Å². The number of carboxylic acids is 1. The number of aryl methyl sites for hydroxylation is 1. The van der Waals surface area contributed by atoms with Crippen LogP contribution >= 0.6 is 0 Å². The van der Waals surface area contributed by atoms with Crippen LogP contribution in [-0.2, 0) is 42.3 Å². The summed E-state index contributed by atoms with van der Waals surface area (Å²) in [6, 6.07) is 8.57. The number of fused-ring (bicyclic) bond motifs is 2. The zero-order valence-electron chi connectivity index (χ0n) is 28.9. The molecule has 1 aliphatic heterocycles. The van der Waals surface area contributed by atoms with E-state index in [9.17, 15) is 24.0 Å². The van der Waals surface area contributed by atoms with E-state index < -0.39 is 35.2 Å². The maximum absolute atomic E-state index is 15.7. The number of piperidine rings is 1. The molecule has 2 aromatic carbocycles. The molecule has 1 aliphatic rings. The molecule has 0 atom stereocenters. The molecule has 3 amide bonds. The van der Waals surface area contributed by atoms with Gasteiger partial charge in [0.1, 0.15) is 24.5 Å². The summed E-state index contributed by atoms with van der Waals surface area (Å²) in [5, 5.41) is 22.0. The molecule has 3 heterocycles. The van der Waals surface area contributed by atoms with Crippen molar-refractivity contribution in [2.45, 2.75) is 64.5 Å². The van der Waals surface area contributed by atoms with E-state index in [0.717, 1.165) is 5.52 Å². The SMILES string of the molecule is CN(CC(=O)NCC(=O)OC(C)(C)C)C(=O)Cn1nc(C2CCN(C(=O)CCC(=O)O)CC2)c2c(-c3cc4c(cnn4C)cc3F)cccc21. The van der Waals surface area contributed by atoms with E-state index in [1.54, 1.807) is 66.5 Å². The van der Waals surface area contributed by atoms with E-state index in [4.69, 9.17) is 14.9 Å². The van der Waals surface area contributed by atoms with Crippen LogP contribution in [0.5, 0.6) is 0 Å². The number of nitrogens with one attached hydrogen (secondary N) is 1. The Hall–Kier alpha value is -5.34. The van der Waals surface area contributed by atoms with E-state index >= 15 is 4.39 Å². The molecule has 0 spiro atoms. The maximum Gasteiger partial charge on any atom is 0.325 e. The summed E-state index contributed by atoms with van der Waals surface area (Å²) >= 11 is 0. The number of likely N-dealkylation sites (N-methyl/N-ethyl adjacent to an activating group) is 1. The number of carboxylic acid groups (broad SMARTS) is 1. The lowest BCUT2D eigenvalue weighted by atomic mass is 9.88. The van der Waals surface area contributed by atoms with Crippen LogP contribution in [0.3, 0.4) is 0 Å². The van der Waals surface area contributed by atoms with E-state index in [1.165, 1.54) is 18.0 Å². The van der Waals surface area contributed by atoms with E-state index in [1.807, 2.05) is 6.07 Å². The van der Waals surface area contributed by atoms with Gasteiger partial charge in [-0.1, -0.05) is 12.1 Å². The predicted octanol–water partition coefficient (Wildman–Crippen LogP) is 3.22. The number of hydrogen-bond acceptors (Lipinski definition) is 8. The first-order valence-electron chi connectivity index (χ1n) is 16.4. The largest absolute Gasteiger partial charge is 0.481 e. The molecule has 4 aromatic rings. The number of benzene rings is 2. The fraction of sp³-hybridized carbons (Fsp3) is 0.457. The van der Waals surface area contributed by atoms with E-state index in [2.05, 4.69) is 10.4 Å². The van der Waals surface area contributed by atoms with Crippen molar-refractivity contribution < 1.29 is 38.2 Å². The third-order valence-corrected chi connectivity index (χ3v) is 8.66. The molecule has 14 nitrogen and oxygen atoms in total. The number of carbonyl (C=O) groups excluding carboxylic acids is 4. The smallest absolute Gasteiger partial charge is 0.325 e. The molecule has 0 radical (unpaired) electrons. The Bertz CT molecular complexity index is 1950. The second-order valence-electron chi connectivity index (χ2n) is 13.6. The topological polar surface area (TPSA) is 169 Å². The quantitative estimate of drug-likeness (QED) is 0.224. The van der Waals surface area contributed by atoms with Gasteiger partial charge >= 0.3 is 11.9 Å². The van der Waals surface area contributed by atoms with Gasteiger partial charge in [-0.05, 0) is 57.4 Å². The third-order valence-electron chi connectivity index (χ3n) is 8.66. The number of hydrogen-bond donors (Lipinski definition) is 2. The van der Waals surface area contributed by atoms with Gasteiger partial charge in [-0.15, -0.1) is 0 Å². The molecule has 15 heteroatoms. The summed E-state index contributed by atoms with van der Waals surface area (Å²) in [6.07, 6.45) is 2.35. The number of amides is 3. The molecule has 0 unspecified atom stereocenters. The highest BCUT2D eigenvalue weighted by molar-refractivity contribution is 6.00. The minimum absolute atomic E-state index is 0.0773. The van der Waals surface area contributed by atoms with Crippen molar-refractivity contribution in [1.29, 1.82) is 0 Å². The molecule has 1 fully saturated rings. The summed E-state index contributed by atoms with van der Waals surface area (Å²) in [7, 11) is 3.25. The molecule has 0 aliphatic carbocycles. The first kappa shape index (κ1) is 36.0. The Morgan fingerprint density at radius 1 is 1.06 bits per heavy atom. The molecule has 2 N–H and O–H groups in total. The number of rotatable bonds is 11. The molecule has 266 valence electrons. The second kappa shape index (κ2) is 14.6. The standard InChI is InChI=1S/C35H42FN7O7/c1-35(2,3)50-32(49)18-37-28(44)19-40(4)30(46)20-43-26-8-6-7-23(24-16-27-22(15-25(24)36)17-38-41(27)5)33(26)34(39-43)21-11-13-42(14-12-21)29(45)9-10-31(47)48/h6-8,15-17,21H,9-14,18-20H2,1-5H3,(H,37,44)(H,47,48). The summed E-state index contributed by atoms with van der Waals surface area (Å²) in [5.41, 5.74) is 2.22. The number of likely N-dealkylation sites (tertiary alicyclic amines) is 1. The van der Waals surface area contributed by atoms with Crippen molar-refractivity contribution in [3.8, 4) is 11.1 Å². The van der Waals surface area contributed by atoms with Crippen LogP contribution in [0.1, 0.15) is 58.1 Å². The highest BCUT2D eigenvalue weighted by Gasteiger charge is 2.30. The number of aliphatic carboxylic acids is 1. The Morgan fingerprint density at radius 2 is 1.78 bits per heavy atom.